The summed E-state index contributed by atoms with van der Waals surface area (Å²) in [6, 6.07) is 3.80. The van der Waals surface area contributed by atoms with Gasteiger partial charge in [0.25, 0.3) is 0 Å². The standard InChI is InChI=1S/C12H15ClN2OS/c1-6-7(2)16-8(3)11(6)12(15-14)9-4-5-10(13)17-9/h4-5,12,15H,14H2,1-3H3. The number of rotatable bonds is 3. The maximum absolute atomic E-state index is 5.96. The van der Waals surface area contributed by atoms with Gasteiger partial charge in [-0.15, -0.1) is 11.3 Å². The maximum atomic E-state index is 5.96. The molecule has 0 fully saturated rings. The number of aryl methyl sites for hydroxylation is 2. The Bertz CT molecular complexity index is 533. The van der Waals surface area contributed by atoms with Crippen molar-refractivity contribution in [3.63, 3.8) is 0 Å². The molecule has 3 N–H and O–H groups in total. The van der Waals surface area contributed by atoms with E-state index in [1.165, 1.54) is 11.3 Å². The van der Waals surface area contributed by atoms with E-state index in [0.717, 1.165) is 31.9 Å². The Labute approximate surface area is 110 Å². The smallest absolute Gasteiger partial charge is 0.106 e. The average Bonchev–Trinajstić information content (AvgIpc) is 2.79. The lowest BCUT2D eigenvalue weighted by atomic mass is 10.0. The summed E-state index contributed by atoms with van der Waals surface area (Å²) in [7, 11) is 0. The van der Waals surface area contributed by atoms with Gasteiger partial charge in [-0.05, 0) is 38.5 Å². The van der Waals surface area contributed by atoms with Crippen LogP contribution >= 0.6 is 22.9 Å². The van der Waals surface area contributed by atoms with E-state index >= 15 is 0 Å². The monoisotopic (exact) mass is 270 g/mol. The number of nitrogens with one attached hydrogen (secondary N) is 1. The van der Waals surface area contributed by atoms with E-state index in [0.29, 0.717) is 0 Å². The van der Waals surface area contributed by atoms with Crippen molar-refractivity contribution in [2.75, 3.05) is 0 Å². The van der Waals surface area contributed by atoms with Gasteiger partial charge in [0.1, 0.15) is 11.5 Å². The van der Waals surface area contributed by atoms with Gasteiger partial charge < -0.3 is 4.42 Å². The summed E-state index contributed by atoms with van der Waals surface area (Å²) in [5.41, 5.74) is 5.07. The number of furan rings is 1. The second-order valence-corrected chi connectivity index (χ2v) is 5.74. The average molecular weight is 271 g/mol. The van der Waals surface area contributed by atoms with Gasteiger partial charge in [0, 0.05) is 10.4 Å². The van der Waals surface area contributed by atoms with E-state index in [2.05, 4.69) is 5.43 Å². The van der Waals surface area contributed by atoms with E-state index in [9.17, 15) is 0 Å². The Balaban J connectivity index is 2.49. The Hall–Kier alpha value is -0.810. The summed E-state index contributed by atoms with van der Waals surface area (Å²) < 4.78 is 6.39. The highest BCUT2D eigenvalue weighted by Crippen LogP contribution is 2.35. The molecule has 0 radical (unpaired) electrons. The van der Waals surface area contributed by atoms with E-state index in [-0.39, 0.29) is 6.04 Å². The molecule has 3 nitrogen and oxygen atoms in total. The lowest BCUT2D eigenvalue weighted by Crippen LogP contribution is -2.28. The number of halogens is 1. The van der Waals surface area contributed by atoms with Crippen LogP contribution in [0.3, 0.4) is 0 Å². The SMILES string of the molecule is Cc1oc(C)c(C(NN)c2ccc(Cl)s2)c1C. The lowest BCUT2D eigenvalue weighted by Gasteiger charge is -2.14. The fraction of sp³-hybridized carbons (Fsp3) is 0.333. The minimum atomic E-state index is -0.0649. The summed E-state index contributed by atoms with van der Waals surface area (Å²) >= 11 is 7.48. The summed E-state index contributed by atoms with van der Waals surface area (Å²) in [5.74, 6) is 7.49. The highest BCUT2D eigenvalue weighted by Gasteiger charge is 2.22. The molecular formula is C12H15ClN2OS. The first-order valence-corrected chi connectivity index (χ1v) is 6.52. The highest BCUT2D eigenvalue weighted by molar-refractivity contribution is 7.16. The van der Waals surface area contributed by atoms with Gasteiger partial charge in [-0.2, -0.15) is 0 Å². The van der Waals surface area contributed by atoms with Crippen LogP contribution in [0.5, 0.6) is 0 Å². The molecule has 2 heterocycles. The molecule has 92 valence electrons. The molecule has 0 aliphatic heterocycles. The van der Waals surface area contributed by atoms with Gasteiger partial charge in [0.05, 0.1) is 10.4 Å². The van der Waals surface area contributed by atoms with Crippen molar-refractivity contribution in [2.24, 2.45) is 5.84 Å². The number of hydrogen-bond acceptors (Lipinski definition) is 4. The summed E-state index contributed by atoms with van der Waals surface area (Å²) in [6.07, 6.45) is 0. The summed E-state index contributed by atoms with van der Waals surface area (Å²) in [5, 5.41) is 0. The molecule has 0 amide bonds. The Kier molecular flexibility index (Phi) is 3.58. The first-order valence-electron chi connectivity index (χ1n) is 5.32. The molecule has 17 heavy (non-hydrogen) atoms. The van der Waals surface area contributed by atoms with Crippen molar-refractivity contribution in [3.8, 4) is 0 Å². The molecule has 0 aromatic carbocycles. The molecule has 2 rings (SSSR count). The lowest BCUT2D eigenvalue weighted by molar-refractivity contribution is 0.494. The van der Waals surface area contributed by atoms with Crippen LogP contribution < -0.4 is 11.3 Å². The third kappa shape index (κ3) is 2.26. The zero-order valence-electron chi connectivity index (χ0n) is 10.0. The second-order valence-electron chi connectivity index (χ2n) is 3.99. The zero-order valence-corrected chi connectivity index (χ0v) is 11.6. The largest absolute Gasteiger partial charge is 0.466 e. The minimum absolute atomic E-state index is 0.0649. The first-order chi connectivity index (χ1) is 8.04. The van der Waals surface area contributed by atoms with Gasteiger partial charge in [-0.25, -0.2) is 5.43 Å². The molecular weight excluding hydrogens is 256 g/mol. The van der Waals surface area contributed by atoms with Crippen molar-refractivity contribution in [3.05, 3.63) is 44.0 Å². The molecule has 0 spiro atoms. The van der Waals surface area contributed by atoms with Crippen LogP contribution in [0.25, 0.3) is 0 Å². The molecule has 0 saturated heterocycles. The summed E-state index contributed by atoms with van der Waals surface area (Å²) in [6.45, 7) is 5.95. The summed E-state index contributed by atoms with van der Waals surface area (Å²) in [4.78, 5) is 1.09. The fourth-order valence-electron chi connectivity index (χ4n) is 2.03. The fourth-order valence-corrected chi connectivity index (χ4v) is 3.16. The normalized spacial score (nSPS) is 13.0. The third-order valence-electron chi connectivity index (χ3n) is 2.95. The van der Waals surface area contributed by atoms with Crippen molar-refractivity contribution in [2.45, 2.75) is 26.8 Å². The van der Waals surface area contributed by atoms with Crippen molar-refractivity contribution in [1.82, 2.24) is 5.43 Å². The molecule has 0 aliphatic rings. The van der Waals surface area contributed by atoms with E-state index in [4.69, 9.17) is 21.9 Å². The number of thiophene rings is 1. The number of nitrogens with two attached hydrogens (primary N) is 1. The minimum Gasteiger partial charge on any atom is -0.466 e. The Morgan fingerprint density at radius 2 is 2.00 bits per heavy atom. The van der Waals surface area contributed by atoms with Crippen LogP contribution in [0.2, 0.25) is 4.34 Å². The van der Waals surface area contributed by atoms with Crippen LogP contribution in [0.4, 0.5) is 0 Å². The van der Waals surface area contributed by atoms with Crippen LogP contribution in [0, 0.1) is 20.8 Å². The van der Waals surface area contributed by atoms with E-state index < -0.39 is 0 Å². The Morgan fingerprint density at radius 3 is 2.41 bits per heavy atom. The first kappa shape index (κ1) is 12.6. The van der Waals surface area contributed by atoms with Crippen molar-refractivity contribution >= 4 is 22.9 Å². The van der Waals surface area contributed by atoms with Crippen LogP contribution in [0.1, 0.15) is 33.6 Å². The van der Waals surface area contributed by atoms with Gasteiger partial charge in [0.15, 0.2) is 0 Å². The van der Waals surface area contributed by atoms with Gasteiger partial charge in [-0.3, -0.25) is 5.84 Å². The van der Waals surface area contributed by atoms with Crippen LogP contribution in [-0.4, -0.2) is 0 Å². The molecule has 1 unspecified atom stereocenters. The van der Waals surface area contributed by atoms with E-state index in [1.54, 1.807) is 0 Å². The van der Waals surface area contributed by atoms with Crippen molar-refractivity contribution in [1.29, 1.82) is 0 Å². The Morgan fingerprint density at radius 1 is 1.29 bits per heavy atom. The quantitative estimate of drug-likeness (QED) is 0.663. The molecule has 0 saturated carbocycles. The van der Waals surface area contributed by atoms with Gasteiger partial charge in [0.2, 0.25) is 0 Å². The number of hydrogen-bond donors (Lipinski definition) is 2. The van der Waals surface area contributed by atoms with Crippen molar-refractivity contribution < 1.29 is 4.42 Å². The molecule has 2 aromatic heterocycles. The second kappa shape index (κ2) is 4.82. The van der Waals surface area contributed by atoms with E-state index in [1.807, 2.05) is 32.9 Å². The predicted molar refractivity (Wildman–Crippen MR) is 71.4 cm³/mol. The molecule has 5 heteroatoms. The zero-order chi connectivity index (χ0) is 12.6. The van der Waals surface area contributed by atoms with Crippen LogP contribution in [0.15, 0.2) is 16.5 Å². The predicted octanol–water partition coefficient (Wildman–Crippen LogP) is 3.47. The van der Waals surface area contributed by atoms with Crippen LogP contribution in [-0.2, 0) is 0 Å². The van der Waals surface area contributed by atoms with Gasteiger partial charge in [-0.1, -0.05) is 11.6 Å². The molecule has 2 aromatic rings. The molecule has 1 atom stereocenters. The van der Waals surface area contributed by atoms with Gasteiger partial charge >= 0.3 is 0 Å². The maximum Gasteiger partial charge on any atom is 0.106 e. The molecule has 0 bridgehead atoms. The topological polar surface area (TPSA) is 51.2 Å². The molecule has 0 aliphatic carbocycles. The highest BCUT2D eigenvalue weighted by atomic mass is 35.5. The number of hydrazine groups is 1. The third-order valence-corrected chi connectivity index (χ3v) is 4.25.